The molecule has 105 valence electrons. The van der Waals surface area contributed by atoms with Gasteiger partial charge in [0.2, 0.25) is 9.04 Å². The molecule has 0 saturated heterocycles. The van der Waals surface area contributed by atoms with Crippen molar-refractivity contribution >= 4 is 14.8 Å². The zero-order chi connectivity index (χ0) is 14.8. The van der Waals surface area contributed by atoms with Gasteiger partial charge in [0, 0.05) is 11.1 Å². The predicted octanol–water partition coefficient (Wildman–Crippen LogP) is 4.38. The van der Waals surface area contributed by atoms with Gasteiger partial charge in [-0.3, -0.25) is 4.79 Å². The van der Waals surface area contributed by atoms with E-state index in [2.05, 4.69) is 0 Å². The summed E-state index contributed by atoms with van der Waals surface area (Å²) < 4.78 is 20.2. The van der Waals surface area contributed by atoms with Crippen molar-refractivity contribution in [2.75, 3.05) is 0 Å². The van der Waals surface area contributed by atoms with Gasteiger partial charge in [-0.1, -0.05) is 32.9 Å². The van der Waals surface area contributed by atoms with Crippen LogP contribution < -0.4 is 0 Å². The van der Waals surface area contributed by atoms with Crippen LogP contribution in [0.15, 0.2) is 18.2 Å². The van der Waals surface area contributed by atoms with Gasteiger partial charge in [-0.05, 0) is 31.5 Å². The number of halogens is 1. The van der Waals surface area contributed by atoms with Gasteiger partial charge in [-0.15, -0.1) is 0 Å². The van der Waals surface area contributed by atoms with Crippen LogP contribution in [0, 0.1) is 11.2 Å². The summed E-state index contributed by atoms with van der Waals surface area (Å²) in [5.41, 5.74) is 0.733. The molecule has 1 atom stereocenters. The van der Waals surface area contributed by atoms with Crippen molar-refractivity contribution in [1.29, 1.82) is 0 Å². The summed E-state index contributed by atoms with van der Waals surface area (Å²) in [7, 11) is -0.939. The van der Waals surface area contributed by atoms with E-state index < -0.39 is 9.04 Å². The molecule has 0 heterocycles. The molecule has 0 spiro atoms. The predicted molar refractivity (Wildman–Crippen MR) is 77.2 cm³/mol. The zero-order valence-electron chi connectivity index (χ0n) is 12.5. The Bertz CT molecular complexity index is 464. The first-order chi connectivity index (χ1) is 8.62. The molecule has 1 unspecified atom stereocenters. The molecule has 0 aliphatic heterocycles. The first kappa shape index (κ1) is 16.1. The average Bonchev–Trinajstić information content (AvgIpc) is 2.24. The number of Topliss-reactive ketones (excluding diaryl/α,β-unsaturated/α-hetero) is 1. The number of carbonyl (C=O) groups is 1. The number of hydrogen-bond acceptors (Lipinski definition) is 2. The topological polar surface area (TPSA) is 26.3 Å². The van der Waals surface area contributed by atoms with Crippen LogP contribution in [0.3, 0.4) is 0 Å². The number of benzene rings is 1. The van der Waals surface area contributed by atoms with E-state index in [1.54, 1.807) is 12.1 Å². The normalized spacial score (nSPS) is 13.7. The Kier molecular flexibility index (Phi) is 5.04. The summed E-state index contributed by atoms with van der Waals surface area (Å²) in [5, 5.41) is 0. The molecule has 0 saturated carbocycles. The summed E-state index contributed by atoms with van der Waals surface area (Å²) in [6, 6.07) is 4.64. The lowest BCUT2D eigenvalue weighted by molar-refractivity contribution is 0.0830. The molecular formula is C15H22FO2Si. The van der Waals surface area contributed by atoms with Crippen molar-refractivity contribution in [1.82, 2.24) is 0 Å². The molecule has 1 aromatic carbocycles. The van der Waals surface area contributed by atoms with E-state index in [0.717, 1.165) is 0 Å². The van der Waals surface area contributed by atoms with Crippen LogP contribution in [0.25, 0.3) is 0 Å². The number of rotatable bonds is 4. The van der Waals surface area contributed by atoms with Crippen molar-refractivity contribution in [3.05, 3.63) is 35.1 Å². The van der Waals surface area contributed by atoms with Crippen LogP contribution in [-0.2, 0) is 4.43 Å². The summed E-state index contributed by atoms with van der Waals surface area (Å²) >= 11 is 0. The monoisotopic (exact) mass is 281 g/mol. The third-order valence-electron chi connectivity index (χ3n) is 2.83. The van der Waals surface area contributed by atoms with Crippen LogP contribution in [0.5, 0.6) is 0 Å². The van der Waals surface area contributed by atoms with E-state index in [1.165, 1.54) is 13.0 Å². The highest BCUT2D eigenvalue weighted by Gasteiger charge is 2.30. The molecule has 0 fully saturated rings. The lowest BCUT2D eigenvalue weighted by atomic mass is 9.84. The Hall–Kier alpha value is -1.00. The summed E-state index contributed by atoms with van der Waals surface area (Å²) in [6.07, 6.45) is -0.294. The minimum atomic E-state index is -0.939. The van der Waals surface area contributed by atoms with E-state index in [-0.39, 0.29) is 23.1 Å². The van der Waals surface area contributed by atoms with Gasteiger partial charge in [0.1, 0.15) is 5.82 Å². The fourth-order valence-electron chi connectivity index (χ4n) is 1.90. The summed E-state index contributed by atoms with van der Waals surface area (Å²) in [4.78, 5) is 11.3. The smallest absolute Gasteiger partial charge is 0.205 e. The van der Waals surface area contributed by atoms with Crippen molar-refractivity contribution < 1.29 is 13.6 Å². The Morgan fingerprint density at radius 3 is 2.26 bits per heavy atom. The molecule has 0 N–H and O–H groups in total. The molecule has 1 radical (unpaired) electrons. The molecule has 2 nitrogen and oxygen atoms in total. The van der Waals surface area contributed by atoms with Gasteiger partial charge < -0.3 is 4.43 Å². The maximum Gasteiger partial charge on any atom is 0.205 e. The second kappa shape index (κ2) is 5.97. The number of carbonyl (C=O) groups excluding carboxylic acids is 1. The van der Waals surface area contributed by atoms with Crippen LogP contribution in [0.4, 0.5) is 4.39 Å². The van der Waals surface area contributed by atoms with Crippen LogP contribution in [0.1, 0.15) is 49.7 Å². The van der Waals surface area contributed by atoms with E-state index in [4.69, 9.17) is 4.43 Å². The first-order valence-electron chi connectivity index (χ1n) is 6.40. The largest absolute Gasteiger partial charge is 0.410 e. The second-order valence-corrected chi connectivity index (χ2v) is 8.12. The first-order valence-corrected chi connectivity index (χ1v) is 8.81. The minimum Gasteiger partial charge on any atom is -0.410 e. The average molecular weight is 281 g/mol. The van der Waals surface area contributed by atoms with E-state index >= 15 is 0 Å². The maximum atomic E-state index is 14.2. The van der Waals surface area contributed by atoms with Crippen molar-refractivity contribution in [2.45, 2.75) is 46.9 Å². The van der Waals surface area contributed by atoms with E-state index in [1.807, 2.05) is 33.9 Å². The summed E-state index contributed by atoms with van der Waals surface area (Å²) in [6.45, 7) is 11.6. The molecule has 4 heteroatoms. The molecule has 1 aromatic rings. The fraction of sp³-hybridized carbons (Fsp3) is 0.533. The van der Waals surface area contributed by atoms with Crippen molar-refractivity contribution in [2.24, 2.45) is 5.41 Å². The molecule has 0 aliphatic carbocycles. The van der Waals surface area contributed by atoms with E-state index in [9.17, 15) is 9.18 Å². The molecule has 19 heavy (non-hydrogen) atoms. The molecule has 0 aliphatic rings. The Morgan fingerprint density at radius 2 is 1.89 bits per heavy atom. The highest BCUT2D eigenvalue weighted by Crippen LogP contribution is 2.37. The molecule has 0 amide bonds. The standard InChI is InChI=1S/C15H22FO2Si/c1-10(17)11-7-8-12(13(16)9-11)14(15(2,3)4)18-19(5)6/h7-9,14H,1-6H3. The van der Waals surface area contributed by atoms with Crippen molar-refractivity contribution in [3.8, 4) is 0 Å². The highest BCUT2D eigenvalue weighted by atomic mass is 28.3. The van der Waals surface area contributed by atoms with Gasteiger partial charge in [0.25, 0.3) is 0 Å². The Labute approximate surface area is 116 Å². The van der Waals surface area contributed by atoms with Crippen LogP contribution in [-0.4, -0.2) is 14.8 Å². The highest BCUT2D eigenvalue weighted by molar-refractivity contribution is 6.48. The lowest BCUT2D eigenvalue weighted by Gasteiger charge is -2.33. The third kappa shape index (κ3) is 4.25. The molecule has 1 rings (SSSR count). The fourth-order valence-corrected chi connectivity index (χ4v) is 2.85. The maximum absolute atomic E-state index is 14.2. The number of ketones is 1. The van der Waals surface area contributed by atoms with Gasteiger partial charge in [0.05, 0.1) is 6.10 Å². The molecule has 0 aromatic heterocycles. The van der Waals surface area contributed by atoms with Crippen LogP contribution in [0.2, 0.25) is 13.1 Å². The second-order valence-electron chi connectivity index (χ2n) is 6.06. The third-order valence-corrected chi connectivity index (χ3v) is 3.54. The van der Waals surface area contributed by atoms with Crippen molar-refractivity contribution in [3.63, 3.8) is 0 Å². The Balaban J connectivity index is 3.20. The Morgan fingerprint density at radius 1 is 1.32 bits per heavy atom. The lowest BCUT2D eigenvalue weighted by Crippen LogP contribution is -2.26. The van der Waals surface area contributed by atoms with Gasteiger partial charge in [-0.25, -0.2) is 4.39 Å². The van der Waals surface area contributed by atoms with E-state index in [0.29, 0.717) is 11.1 Å². The van der Waals surface area contributed by atoms with Gasteiger partial charge in [-0.2, -0.15) is 0 Å². The van der Waals surface area contributed by atoms with Gasteiger partial charge in [0.15, 0.2) is 5.78 Å². The zero-order valence-corrected chi connectivity index (χ0v) is 13.5. The molecule has 0 bridgehead atoms. The summed E-state index contributed by atoms with van der Waals surface area (Å²) in [5.74, 6) is -0.495. The number of hydrogen-bond donors (Lipinski definition) is 0. The van der Waals surface area contributed by atoms with Crippen LogP contribution >= 0.6 is 0 Å². The van der Waals surface area contributed by atoms with Gasteiger partial charge >= 0.3 is 0 Å². The molecular weight excluding hydrogens is 259 g/mol. The SMILES string of the molecule is CC(=O)c1ccc(C(O[Si](C)C)C(C)(C)C)c(F)c1. The quantitative estimate of drug-likeness (QED) is 0.604. The minimum absolute atomic E-state index is 0.130.